The quantitative estimate of drug-likeness (QED) is 0.564. The number of hydroxylamine groups is 1. The zero-order valence-corrected chi connectivity index (χ0v) is 19.5. The van der Waals surface area contributed by atoms with Crippen LogP contribution in [0.25, 0.3) is 0 Å². The molecule has 0 aromatic rings. The minimum atomic E-state index is -4.03. The highest BCUT2D eigenvalue weighted by Crippen LogP contribution is 2.40. The predicted octanol–water partition coefficient (Wildman–Crippen LogP) is 2.25. The molecular formula is C23H40F3N5O2. The lowest BCUT2D eigenvalue weighted by molar-refractivity contribution is -0.184. The van der Waals surface area contributed by atoms with Gasteiger partial charge in [0.15, 0.2) is 0 Å². The largest absolute Gasteiger partial charge is 0.391 e. The van der Waals surface area contributed by atoms with Gasteiger partial charge >= 0.3 is 6.18 Å². The first-order chi connectivity index (χ1) is 16.0. The number of hydrogen-bond donors (Lipinski definition) is 3. The summed E-state index contributed by atoms with van der Waals surface area (Å²) in [4.78, 5) is 11.0. The standard InChI is InChI=1S/C23H40F3N5O2/c24-23(25,26)18-5-3-16(4-6-18)15-31-9-1-2-19(31)22-28-21(29-33-22)17-7-8-27-20(14-17)30-10-12-32-13-11-30/h16-22,27-29H,1-15H2/t16?,17?,18?,19-,20?,21?,22?/m0/s1. The maximum absolute atomic E-state index is 13.0. The molecule has 5 atom stereocenters. The number of alkyl halides is 3. The third kappa shape index (κ3) is 5.85. The van der Waals surface area contributed by atoms with Crippen molar-refractivity contribution >= 4 is 0 Å². The van der Waals surface area contributed by atoms with Crippen LogP contribution in [0.3, 0.4) is 0 Å². The van der Waals surface area contributed by atoms with Crippen LogP contribution in [0.4, 0.5) is 13.2 Å². The molecule has 4 heterocycles. The minimum absolute atomic E-state index is 0.0549. The van der Waals surface area contributed by atoms with E-state index in [0.29, 0.717) is 36.9 Å². The number of likely N-dealkylation sites (tertiary alicyclic amines) is 1. The second-order valence-electron chi connectivity index (χ2n) is 10.7. The molecule has 4 saturated heterocycles. The van der Waals surface area contributed by atoms with Gasteiger partial charge in [0.1, 0.15) is 6.23 Å². The molecule has 0 spiro atoms. The maximum Gasteiger partial charge on any atom is 0.391 e. The van der Waals surface area contributed by atoms with Crippen LogP contribution in [0.5, 0.6) is 0 Å². The lowest BCUT2D eigenvalue weighted by Gasteiger charge is -2.41. The van der Waals surface area contributed by atoms with Crippen LogP contribution in [0, 0.1) is 17.8 Å². The van der Waals surface area contributed by atoms with Gasteiger partial charge < -0.3 is 10.1 Å². The topological polar surface area (TPSA) is 61.0 Å². The number of hydrogen-bond acceptors (Lipinski definition) is 7. The van der Waals surface area contributed by atoms with Gasteiger partial charge in [-0.2, -0.15) is 18.7 Å². The van der Waals surface area contributed by atoms with E-state index in [-0.39, 0.29) is 25.2 Å². The first-order valence-corrected chi connectivity index (χ1v) is 13.0. The third-order valence-corrected chi connectivity index (χ3v) is 8.61. The number of rotatable bonds is 5. The highest BCUT2D eigenvalue weighted by molar-refractivity contribution is 4.93. The van der Waals surface area contributed by atoms with Crippen molar-refractivity contribution in [1.29, 1.82) is 0 Å². The summed E-state index contributed by atoms with van der Waals surface area (Å²) in [7, 11) is 0. The number of ether oxygens (including phenoxy) is 1. The van der Waals surface area contributed by atoms with E-state index in [1.165, 1.54) is 0 Å². The lowest BCUT2D eigenvalue weighted by atomic mass is 9.81. The zero-order valence-electron chi connectivity index (χ0n) is 19.5. The monoisotopic (exact) mass is 475 g/mol. The molecule has 7 nitrogen and oxygen atoms in total. The van der Waals surface area contributed by atoms with Crippen LogP contribution in [-0.4, -0.2) is 86.5 Å². The molecule has 5 fully saturated rings. The number of morpholine rings is 1. The van der Waals surface area contributed by atoms with Gasteiger partial charge in [0.25, 0.3) is 0 Å². The van der Waals surface area contributed by atoms with E-state index in [1.807, 2.05) is 0 Å². The second kappa shape index (κ2) is 10.6. The Morgan fingerprint density at radius 1 is 0.939 bits per heavy atom. The molecule has 4 unspecified atom stereocenters. The maximum atomic E-state index is 13.0. The number of nitrogens with one attached hydrogen (secondary N) is 3. The Morgan fingerprint density at radius 2 is 1.73 bits per heavy atom. The number of piperidine rings is 1. The van der Waals surface area contributed by atoms with Crippen LogP contribution < -0.4 is 16.1 Å². The number of halogens is 3. The fourth-order valence-corrected chi connectivity index (χ4v) is 6.63. The van der Waals surface area contributed by atoms with Gasteiger partial charge in [-0.15, -0.1) is 0 Å². The summed E-state index contributed by atoms with van der Waals surface area (Å²) in [6, 6.07) is 0.291. The third-order valence-electron chi connectivity index (χ3n) is 8.61. The first-order valence-electron chi connectivity index (χ1n) is 13.0. The molecule has 4 aliphatic heterocycles. The highest BCUT2D eigenvalue weighted by atomic mass is 19.4. The second-order valence-corrected chi connectivity index (χ2v) is 10.7. The lowest BCUT2D eigenvalue weighted by Crippen LogP contribution is -2.57. The number of nitrogens with zero attached hydrogens (tertiary/aromatic N) is 2. The van der Waals surface area contributed by atoms with Crippen LogP contribution in [0.15, 0.2) is 0 Å². The van der Waals surface area contributed by atoms with Gasteiger partial charge in [-0.05, 0) is 76.3 Å². The molecule has 33 heavy (non-hydrogen) atoms. The first kappa shape index (κ1) is 24.2. The van der Waals surface area contributed by atoms with Gasteiger partial charge in [0.05, 0.1) is 37.5 Å². The normalized spacial score (nSPS) is 42.1. The smallest absolute Gasteiger partial charge is 0.379 e. The van der Waals surface area contributed by atoms with E-state index in [1.54, 1.807) is 0 Å². The summed E-state index contributed by atoms with van der Waals surface area (Å²) in [6.45, 7) is 6.50. The zero-order chi connectivity index (χ0) is 22.8. The van der Waals surface area contributed by atoms with Crippen LogP contribution >= 0.6 is 0 Å². The van der Waals surface area contributed by atoms with Crippen LogP contribution in [-0.2, 0) is 9.57 Å². The summed E-state index contributed by atoms with van der Waals surface area (Å²) in [5, 5.41) is 7.39. The fraction of sp³-hybridized carbons (Fsp3) is 1.00. The summed E-state index contributed by atoms with van der Waals surface area (Å²) >= 11 is 0. The Balaban J connectivity index is 1.10. The Labute approximate surface area is 195 Å². The van der Waals surface area contributed by atoms with E-state index in [0.717, 1.165) is 71.6 Å². The van der Waals surface area contributed by atoms with Crippen molar-refractivity contribution in [2.75, 3.05) is 45.9 Å². The van der Waals surface area contributed by atoms with E-state index >= 15 is 0 Å². The van der Waals surface area contributed by atoms with E-state index in [4.69, 9.17) is 9.57 Å². The SMILES string of the molecule is FC(F)(F)C1CCC(CN2CCC[C@H]2C2NC(C3CCNC(N4CCOCC4)C3)NO2)CC1. The molecule has 0 aromatic heterocycles. The van der Waals surface area contributed by atoms with Crippen molar-refractivity contribution in [2.45, 2.75) is 82.1 Å². The highest BCUT2D eigenvalue weighted by Gasteiger charge is 2.44. The van der Waals surface area contributed by atoms with Crippen molar-refractivity contribution in [1.82, 2.24) is 25.9 Å². The average Bonchev–Trinajstić information content (AvgIpc) is 3.49. The summed E-state index contributed by atoms with van der Waals surface area (Å²) in [6.07, 6.45) is 2.79. The van der Waals surface area contributed by atoms with Gasteiger partial charge in [-0.1, -0.05) is 0 Å². The van der Waals surface area contributed by atoms with Gasteiger partial charge in [0.2, 0.25) is 0 Å². The van der Waals surface area contributed by atoms with Crippen LogP contribution in [0.2, 0.25) is 0 Å². The van der Waals surface area contributed by atoms with Gasteiger partial charge in [-0.25, -0.2) is 0 Å². The van der Waals surface area contributed by atoms with E-state index in [2.05, 4.69) is 25.9 Å². The summed E-state index contributed by atoms with van der Waals surface area (Å²) < 4.78 is 44.5. The molecule has 0 radical (unpaired) electrons. The molecule has 10 heteroatoms. The van der Waals surface area contributed by atoms with Gasteiger partial charge in [0, 0.05) is 19.6 Å². The van der Waals surface area contributed by atoms with E-state index in [9.17, 15) is 13.2 Å². The molecule has 0 bridgehead atoms. The molecule has 5 aliphatic rings. The van der Waals surface area contributed by atoms with Crippen LogP contribution in [0.1, 0.15) is 51.4 Å². The molecule has 1 aliphatic carbocycles. The molecule has 1 saturated carbocycles. The summed E-state index contributed by atoms with van der Waals surface area (Å²) in [5.41, 5.74) is 3.29. The molecular weight excluding hydrogens is 435 g/mol. The Bertz CT molecular complexity index is 628. The van der Waals surface area contributed by atoms with Gasteiger partial charge in [-0.3, -0.25) is 20.0 Å². The average molecular weight is 476 g/mol. The predicted molar refractivity (Wildman–Crippen MR) is 118 cm³/mol. The van der Waals surface area contributed by atoms with Crippen molar-refractivity contribution in [3.05, 3.63) is 0 Å². The molecule has 3 N–H and O–H groups in total. The van der Waals surface area contributed by atoms with Crippen molar-refractivity contribution in [3.63, 3.8) is 0 Å². The fourth-order valence-electron chi connectivity index (χ4n) is 6.63. The molecule has 190 valence electrons. The van der Waals surface area contributed by atoms with Crippen molar-refractivity contribution in [3.8, 4) is 0 Å². The Kier molecular flexibility index (Phi) is 7.81. The Hall–Kier alpha value is -0.490. The molecule has 0 amide bonds. The van der Waals surface area contributed by atoms with Crippen molar-refractivity contribution < 1.29 is 22.7 Å². The summed E-state index contributed by atoms with van der Waals surface area (Å²) in [5.74, 6) is -0.233. The van der Waals surface area contributed by atoms with Crippen molar-refractivity contribution in [2.24, 2.45) is 17.8 Å². The molecule has 0 aromatic carbocycles. The van der Waals surface area contributed by atoms with E-state index < -0.39 is 12.1 Å². The Morgan fingerprint density at radius 3 is 2.48 bits per heavy atom. The molecule has 5 rings (SSSR count). The minimum Gasteiger partial charge on any atom is -0.379 e.